The third-order valence-electron chi connectivity index (χ3n) is 4.74. The molecule has 34 heavy (non-hydrogen) atoms. The third kappa shape index (κ3) is 5.30. The van der Waals surface area contributed by atoms with E-state index in [0.717, 1.165) is 9.57 Å². The topological polar surface area (TPSA) is 108 Å². The molecule has 2 aromatic carbocycles. The van der Waals surface area contributed by atoms with Crippen LogP contribution in [0.5, 0.6) is 11.5 Å². The zero-order chi connectivity index (χ0) is 24.1. The van der Waals surface area contributed by atoms with Crippen LogP contribution in [0, 0.1) is 9.40 Å². The molecule has 4 rings (SSSR count). The Labute approximate surface area is 213 Å². The molecule has 0 amide bonds. The number of fused-ring (bicyclic) bond motifs is 1. The van der Waals surface area contributed by atoms with Crippen LogP contribution in [-0.2, 0) is 28.4 Å². The van der Waals surface area contributed by atoms with Crippen LogP contribution in [0.15, 0.2) is 58.2 Å². The minimum absolute atomic E-state index is 0.00504. The molecule has 0 radical (unpaired) electrons. The summed E-state index contributed by atoms with van der Waals surface area (Å²) in [4.78, 5) is -0.0672. The van der Waals surface area contributed by atoms with E-state index in [1.165, 1.54) is 14.2 Å². The second kappa shape index (κ2) is 10.9. The molecule has 0 aliphatic heterocycles. The second-order valence-electron chi connectivity index (χ2n) is 6.85. The number of methoxy groups -OCH3 is 2. The Balaban J connectivity index is 1.77. The number of hydrogen-bond acceptors (Lipinski definition) is 8. The molecule has 0 spiro atoms. The first-order valence-corrected chi connectivity index (χ1v) is 21.5. The van der Waals surface area contributed by atoms with E-state index in [9.17, 15) is 8.42 Å². The van der Waals surface area contributed by atoms with Gasteiger partial charge in [0, 0.05) is 12.4 Å². The molecule has 4 aromatic rings. The summed E-state index contributed by atoms with van der Waals surface area (Å²) < 4.78 is 51.4. The van der Waals surface area contributed by atoms with Crippen molar-refractivity contribution in [1.82, 2.24) is 14.9 Å². The molecule has 170 valence electrons. The van der Waals surface area contributed by atoms with Gasteiger partial charge in [-0.15, -0.1) is 0 Å². The van der Waals surface area contributed by atoms with Gasteiger partial charge < -0.3 is 0 Å². The molecule has 0 bridgehead atoms. The van der Waals surface area contributed by atoms with Crippen molar-refractivity contribution >= 4 is 65.7 Å². The zero-order valence-corrected chi connectivity index (χ0v) is 25.1. The van der Waals surface area contributed by atoms with Crippen molar-refractivity contribution in [2.24, 2.45) is 0 Å². The summed E-state index contributed by atoms with van der Waals surface area (Å²) in [6.07, 6.45) is 3.52. The summed E-state index contributed by atoms with van der Waals surface area (Å²) in [5.74, 6) is 3.55. The van der Waals surface area contributed by atoms with Crippen LogP contribution in [0.2, 0.25) is 0 Å². The van der Waals surface area contributed by atoms with Crippen LogP contribution < -0.4 is 14.2 Å². The molecule has 0 atom stereocenters. The Hall–Kier alpha value is -2.40. The molecule has 0 aliphatic carbocycles. The number of anilines is 1. The second-order valence-corrected chi connectivity index (χ2v) is 21.1. The van der Waals surface area contributed by atoms with Crippen LogP contribution in [-0.4, -0.2) is 60.7 Å². The van der Waals surface area contributed by atoms with E-state index >= 15 is 0 Å². The van der Waals surface area contributed by atoms with Crippen molar-refractivity contribution < 1.29 is 22.4 Å². The van der Waals surface area contributed by atoms with Gasteiger partial charge in [-0.25, -0.2) is 0 Å². The van der Waals surface area contributed by atoms with Gasteiger partial charge in [0.15, 0.2) is 0 Å². The number of nitrogens with one attached hydrogen (secondary N) is 1. The first-order valence-electron chi connectivity index (χ1n) is 9.76. The van der Waals surface area contributed by atoms with Gasteiger partial charge in [0.2, 0.25) is 0 Å². The summed E-state index contributed by atoms with van der Waals surface area (Å²) in [7, 11) is -1.24. The van der Waals surface area contributed by atoms with Crippen LogP contribution in [0.4, 0.5) is 5.82 Å². The zero-order valence-electron chi connectivity index (χ0n) is 18.0. The van der Waals surface area contributed by atoms with Gasteiger partial charge in [0.25, 0.3) is 0 Å². The van der Waals surface area contributed by atoms with Crippen molar-refractivity contribution in [3.05, 3.63) is 59.9 Å². The molecule has 0 saturated carbocycles. The fourth-order valence-electron chi connectivity index (χ4n) is 3.36. The average molecular weight is 705 g/mol. The minimum atomic E-state index is -4.14. The van der Waals surface area contributed by atoms with E-state index in [2.05, 4.69) is 24.4 Å². The van der Waals surface area contributed by atoms with Gasteiger partial charge in [-0.05, 0) is 6.07 Å². The monoisotopic (exact) mass is 705 g/mol. The van der Waals surface area contributed by atoms with Crippen molar-refractivity contribution in [3.63, 3.8) is 0 Å². The predicted octanol–water partition coefficient (Wildman–Crippen LogP) is 3.23. The van der Waals surface area contributed by atoms with E-state index in [1.807, 2.05) is 12.3 Å². The molecule has 0 aliphatic rings. The normalized spacial score (nSPS) is 10.8. The number of rotatable bonds is 7. The van der Waals surface area contributed by atoms with Crippen molar-refractivity contribution in [2.75, 3.05) is 18.9 Å². The molecule has 0 fully saturated rings. The van der Waals surface area contributed by atoms with E-state index in [1.54, 1.807) is 41.2 Å². The molecule has 9 nitrogen and oxygen atoms in total. The first kappa shape index (κ1) is 24.7. The van der Waals surface area contributed by atoms with Crippen molar-refractivity contribution in [2.45, 2.75) is 11.4 Å². The Morgan fingerprint density at radius 3 is 2.76 bits per heavy atom. The van der Waals surface area contributed by atoms with Crippen molar-refractivity contribution in [3.8, 4) is 20.9 Å². The average Bonchev–Trinajstić information content (AvgIpc) is 3.48. The number of ether oxygens (including phenoxy) is 2. The predicted molar refractivity (Wildman–Crippen MR) is 133 cm³/mol. The summed E-state index contributed by atoms with van der Waals surface area (Å²) in [6, 6.07) is 10.3. The summed E-state index contributed by atoms with van der Waals surface area (Å²) in [6.45, 7) is 0.485. The first-order chi connectivity index (χ1) is 16.5. The van der Waals surface area contributed by atoms with Gasteiger partial charge in [-0.2, -0.15) is 5.10 Å². The summed E-state index contributed by atoms with van der Waals surface area (Å²) in [5.41, 5.74) is 1.56. The number of nitrogens with zero attached hydrogens (tertiary/aromatic N) is 3. The molecule has 1 N–H and O–H groups in total. The quantitative estimate of drug-likeness (QED) is 0.178. The molecule has 2 aromatic heterocycles. The van der Waals surface area contributed by atoms with Gasteiger partial charge >= 0.3 is 186 Å². The fourth-order valence-corrected chi connectivity index (χ4v) is 8.16. The summed E-state index contributed by atoms with van der Waals surface area (Å²) >= 11 is 3.58. The van der Waals surface area contributed by atoms with Crippen LogP contribution in [0.1, 0.15) is 11.1 Å². The van der Waals surface area contributed by atoms with Crippen LogP contribution >= 0.6 is 4.00 Å². The van der Waals surface area contributed by atoms with Crippen LogP contribution in [0.25, 0.3) is 11.0 Å². The van der Waals surface area contributed by atoms with Crippen molar-refractivity contribution in [1.29, 1.82) is 0 Å². The SMILES string of the molecule is COc1cccc(C#[C][Tl]=[P+]=S)c1S(=O)(=O)Nc1noc2cc(Cn3cccn3)cc(OC)c12. The van der Waals surface area contributed by atoms with E-state index < -0.39 is 33.1 Å². The number of aromatic nitrogens is 3. The Morgan fingerprint density at radius 2 is 2.06 bits per heavy atom. The number of hydrogen-bond donors (Lipinski definition) is 1. The van der Waals surface area contributed by atoms with Gasteiger partial charge in [0.1, 0.15) is 0 Å². The molecule has 0 unspecified atom stereocenters. The molecule has 0 saturated heterocycles. The van der Waals surface area contributed by atoms with Crippen LogP contribution in [0.3, 0.4) is 0 Å². The van der Waals surface area contributed by atoms with Gasteiger partial charge in [-0.3, -0.25) is 4.68 Å². The molecule has 2 heterocycles. The van der Waals surface area contributed by atoms with Gasteiger partial charge in [-0.1, -0.05) is 0 Å². The number of sulfonamides is 1. The Bertz CT molecular complexity index is 1570. The van der Waals surface area contributed by atoms with E-state index in [0.29, 0.717) is 28.8 Å². The molecule has 13 heteroatoms. The fraction of sp³-hybridized carbons (Fsp3) is 0.143. The van der Waals surface area contributed by atoms with E-state index in [4.69, 9.17) is 25.8 Å². The standard InChI is InChI=1S/C21H17N4O5S.PS.Tl/c1-4-15-7-5-8-16(28-2)20(15)31(26,27)24-21-19-17(29-3)11-14(12-18(19)30-23-21)13-25-10-6-9-22-25;1-2;/h5-12H,13H2,2-3H3,(H,23,24);;/q;-1;+2. The maximum absolute atomic E-state index is 13.5. The number of benzene rings is 2. The Morgan fingerprint density at radius 1 is 1.24 bits per heavy atom. The third-order valence-corrected chi connectivity index (χ3v) is 12.5. The Kier molecular flexibility index (Phi) is 7.92. The van der Waals surface area contributed by atoms with Gasteiger partial charge in [0.05, 0.1) is 0 Å². The summed E-state index contributed by atoms with van der Waals surface area (Å²) in [5, 5.41) is 8.56. The molecular weight excluding hydrogens is 688 g/mol. The van der Waals surface area contributed by atoms with E-state index in [-0.39, 0.29) is 16.5 Å². The molecular formula is C21H17N4O5PS2Tl+. The maximum atomic E-state index is 13.5.